The van der Waals surface area contributed by atoms with E-state index in [9.17, 15) is 9.00 Å². The van der Waals surface area contributed by atoms with Gasteiger partial charge in [0.05, 0.1) is 6.10 Å². The Labute approximate surface area is 141 Å². The molecule has 0 radical (unpaired) electrons. The molecule has 0 heterocycles. The number of amides is 1. The fourth-order valence-electron chi connectivity index (χ4n) is 3.54. The summed E-state index contributed by atoms with van der Waals surface area (Å²) < 4.78 is 31.0. The predicted octanol–water partition coefficient (Wildman–Crippen LogP) is 2.27. The number of carbonyl (C=O) groups excluding carboxylic acids is 1. The monoisotopic (exact) mass is 347 g/mol. The Kier molecular flexibility index (Phi) is 6.59. The topological polar surface area (TPSA) is 84.9 Å². The summed E-state index contributed by atoms with van der Waals surface area (Å²) in [5.41, 5.74) is -0.338. The summed E-state index contributed by atoms with van der Waals surface area (Å²) >= 11 is -2.24. The summed E-state index contributed by atoms with van der Waals surface area (Å²) in [7, 11) is 0. The van der Waals surface area contributed by atoms with E-state index < -0.39 is 11.4 Å². The van der Waals surface area contributed by atoms with Crippen LogP contribution in [0.4, 0.5) is 0 Å². The van der Waals surface area contributed by atoms with Gasteiger partial charge in [0.1, 0.15) is 6.10 Å². The van der Waals surface area contributed by atoms with Gasteiger partial charge in [-0.15, -0.1) is 0 Å². The fraction of sp³-hybridized carbons (Fsp3) is 0.938. The van der Waals surface area contributed by atoms with Gasteiger partial charge in [0.15, 0.2) is 0 Å². The van der Waals surface area contributed by atoms with E-state index in [1.807, 2.05) is 20.8 Å². The minimum atomic E-state index is -2.24. The summed E-state index contributed by atoms with van der Waals surface area (Å²) in [4.78, 5) is 12.0. The molecular weight excluding hydrogens is 318 g/mol. The standard InChI is InChI=1S/C16H29NO5S/c1-4-16(2,3)15(18)17-8-5-9-21-13-11-6-7-12(10-11)14(13)22-23(19)20/h11-14H,4-10H2,1-3H3,(H,17,18)(H,19,20). The second kappa shape index (κ2) is 8.05. The van der Waals surface area contributed by atoms with Gasteiger partial charge in [-0.2, -0.15) is 4.21 Å². The van der Waals surface area contributed by atoms with Crippen molar-refractivity contribution < 1.29 is 22.5 Å². The number of rotatable bonds is 9. The van der Waals surface area contributed by atoms with E-state index in [2.05, 4.69) is 5.32 Å². The molecule has 0 aliphatic heterocycles. The second-order valence-corrected chi connectivity index (χ2v) is 7.92. The molecule has 2 bridgehead atoms. The number of fused-ring (bicyclic) bond motifs is 2. The van der Waals surface area contributed by atoms with Crippen LogP contribution in [0.1, 0.15) is 52.9 Å². The van der Waals surface area contributed by atoms with Crippen LogP contribution in [0.3, 0.4) is 0 Å². The zero-order valence-electron chi connectivity index (χ0n) is 14.2. The smallest absolute Gasteiger partial charge is 0.302 e. The molecule has 1 amide bonds. The maximum Gasteiger partial charge on any atom is 0.302 e. The van der Waals surface area contributed by atoms with Gasteiger partial charge in [0.25, 0.3) is 0 Å². The Morgan fingerprint density at radius 3 is 2.57 bits per heavy atom. The molecule has 0 aromatic rings. The van der Waals surface area contributed by atoms with Crippen LogP contribution < -0.4 is 5.32 Å². The molecule has 2 rings (SSSR count). The van der Waals surface area contributed by atoms with E-state index in [-0.39, 0.29) is 23.5 Å². The van der Waals surface area contributed by atoms with Crippen LogP contribution >= 0.6 is 0 Å². The Bertz CT molecular complexity index is 442. The molecule has 2 aliphatic carbocycles. The van der Waals surface area contributed by atoms with Crippen LogP contribution in [0.25, 0.3) is 0 Å². The third-order valence-corrected chi connectivity index (χ3v) is 5.76. The van der Waals surface area contributed by atoms with Gasteiger partial charge in [0.2, 0.25) is 5.91 Å². The van der Waals surface area contributed by atoms with Gasteiger partial charge in [-0.25, -0.2) is 0 Å². The largest absolute Gasteiger partial charge is 0.375 e. The third-order valence-electron chi connectivity index (χ3n) is 5.38. The van der Waals surface area contributed by atoms with E-state index in [4.69, 9.17) is 13.5 Å². The zero-order chi connectivity index (χ0) is 17.0. The lowest BCUT2D eigenvalue weighted by Crippen LogP contribution is -2.39. The number of carbonyl (C=O) groups is 1. The van der Waals surface area contributed by atoms with Crippen LogP contribution in [-0.2, 0) is 25.1 Å². The molecular formula is C16H29NO5S. The van der Waals surface area contributed by atoms with Crippen molar-refractivity contribution in [3.63, 3.8) is 0 Å². The summed E-state index contributed by atoms with van der Waals surface area (Å²) in [6.07, 6.45) is 4.35. The van der Waals surface area contributed by atoms with E-state index in [1.165, 1.54) is 0 Å². The van der Waals surface area contributed by atoms with Crippen molar-refractivity contribution in [3.05, 3.63) is 0 Å². The van der Waals surface area contributed by atoms with Crippen molar-refractivity contribution in [1.82, 2.24) is 5.32 Å². The minimum absolute atomic E-state index is 0.0665. The highest BCUT2D eigenvalue weighted by Gasteiger charge is 2.50. The molecule has 2 N–H and O–H groups in total. The summed E-state index contributed by atoms with van der Waals surface area (Å²) in [5.74, 6) is 0.838. The molecule has 5 atom stereocenters. The van der Waals surface area contributed by atoms with Crippen molar-refractivity contribution in [2.24, 2.45) is 17.3 Å². The summed E-state index contributed by atoms with van der Waals surface area (Å²) in [6, 6.07) is 0. The van der Waals surface area contributed by atoms with E-state index in [0.29, 0.717) is 25.0 Å². The molecule has 2 aliphatic rings. The lowest BCUT2D eigenvalue weighted by Gasteiger charge is -2.29. The van der Waals surface area contributed by atoms with Crippen LogP contribution in [0.2, 0.25) is 0 Å². The summed E-state index contributed by atoms with van der Waals surface area (Å²) in [6.45, 7) is 6.98. The highest BCUT2D eigenvalue weighted by molar-refractivity contribution is 7.74. The molecule has 2 fully saturated rings. The molecule has 0 saturated heterocycles. The van der Waals surface area contributed by atoms with Crippen LogP contribution in [-0.4, -0.2) is 40.0 Å². The average molecular weight is 347 g/mol. The van der Waals surface area contributed by atoms with Crippen molar-refractivity contribution >= 4 is 17.3 Å². The highest BCUT2D eigenvalue weighted by atomic mass is 32.2. The minimum Gasteiger partial charge on any atom is -0.375 e. The van der Waals surface area contributed by atoms with Gasteiger partial charge in [-0.05, 0) is 43.9 Å². The average Bonchev–Trinajstić information content (AvgIpc) is 3.08. The maximum absolute atomic E-state index is 12.0. The van der Waals surface area contributed by atoms with E-state index in [1.54, 1.807) is 0 Å². The van der Waals surface area contributed by atoms with Gasteiger partial charge in [-0.1, -0.05) is 20.8 Å². The van der Waals surface area contributed by atoms with Crippen molar-refractivity contribution in [3.8, 4) is 0 Å². The predicted molar refractivity (Wildman–Crippen MR) is 87.9 cm³/mol. The Balaban J connectivity index is 1.69. The lowest BCUT2D eigenvalue weighted by atomic mass is 9.89. The molecule has 2 saturated carbocycles. The Morgan fingerprint density at radius 1 is 1.30 bits per heavy atom. The molecule has 0 aromatic carbocycles. The van der Waals surface area contributed by atoms with Gasteiger partial charge < -0.3 is 10.1 Å². The van der Waals surface area contributed by atoms with Crippen LogP contribution in [0.15, 0.2) is 0 Å². The first-order chi connectivity index (χ1) is 10.8. The molecule has 5 unspecified atom stereocenters. The normalized spacial score (nSPS) is 31.3. The zero-order valence-corrected chi connectivity index (χ0v) is 15.1. The van der Waals surface area contributed by atoms with Crippen molar-refractivity contribution in [2.75, 3.05) is 13.2 Å². The first-order valence-corrected chi connectivity index (χ1v) is 9.56. The SMILES string of the molecule is CCC(C)(C)C(=O)NCCCOC1C2CCC(C2)C1OS(=O)O. The molecule has 23 heavy (non-hydrogen) atoms. The quantitative estimate of drug-likeness (QED) is 0.494. The molecule has 6 nitrogen and oxygen atoms in total. The summed E-state index contributed by atoms with van der Waals surface area (Å²) in [5, 5.41) is 2.94. The molecule has 0 spiro atoms. The first-order valence-electron chi connectivity index (χ1n) is 8.53. The van der Waals surface area contributed by atoms with Gasteiger partial charge in [-0.3, -0.25) is 13.5 Å². The molecule has 7 heteroatoms. The molecule has 0 aromatic heterocycles. The first kappa shape index (κ1) is 18.8. The van der Waals surface area contributed by atoms with E-state index >= 15 is 0 Å². The van der Waals surface area contributed by atoms with Crippen molar-refractivity contribution in [2.45, 2.75) is 65.1 Å². The number of ether oxygens (including phenoxy) is 1. The van der Waals surface area contributed by atoms with E-state index in [0.717, 1.165) is 32.1 Å². The van der Waals surface area contributed by atoms with Crippen molar-refractivity contribution in [1.29, 1.82) is 0 Å². The Morgan fingerprint density at radius 2 is 1.96 bits per heavy atom. The Hall–Kier alpha value is -0.500. The third kappa shape index (κ3) is 4.75. The molecule has 134 valence electrons. The number of nitrogens with one attached hydrogen (secondary N) is 1. The fourth-order valence-corrected chi connectivity index (χ4v) is 4.00. The van der Waals surface area contributed by atoms with Gasteiger partial charge >= 0.3 is 11.4 Å². The van der Waals surface area contributed by atoms with Crippen LogP contribution in [0, 0.1) is 17.3 Å². The highest BCUT2D eigenvalue weighted by Crippen LogP contribution is 2.47. The maximum atomic E-state index is 12.0. The number of hydrogen-bond donors (Lipinski definition) is 2. The van der Waals surface area contributed by atoms with Crippen LogP contribution in [0.5, 0.6) is 0 Å². The lowest BCUT2D eigenvalue weighted by molar-refractivity contribution is -0.129. The van der Waals surface area contributed by atoms with Gasteiger partial charge in [0, 0.05) is 18.6 Å². The second-order valence-electron chi connectivity index (χ2n) is 7.29. The number of hydrogen-bond acceptors (Lipinski definition) is 4.